The number of carbonyl (C=O) groups is 1. The van der Waals surface area contributed by atoms with Crippen LogP contribution in [0.2, 0.25) is 0 Å². The van der Waals surface area contributed by atoms with Gasteiger partial charge in [-0.2, -0.15) is 5.10 Å². The summed E-state index contributed by atoms with van der Waals surface area (Å²) in [7, 11) is 1.86. The molecule has 0 bridgehead atoms. The van der Waals surface area contributed by atoms with Gasteiger partial charge in [0.15, 0.2) is 0 Å². The SMILES string of the molecule is CC(C)C(C)C(=O)Cc1cnn(C)c1. The number of aryl methyl sites for hydroxylation is 1. The molecule has 1 aromatic heterocycles. The Morgan fingerprint density at radius 1 is 1.50 bits per heavy atom. The molecule has 3 nitrogen and oxygen atoms in total. The van der Waals surface area contributed by atoms with Crippen LogP contribution < -0.4 is 0 Å². The van der Waals surface area contributed by atoms with Crippen molar-refractivity contribution in [3.8, 4) is 0 Å². The van der Waals surface area contributed by atoms with Gasteiger partial charge >= 0.3 is 0 Å². The fraction of sp³-hybridized carbons (Fsp3) is 0.636. The molecule has 0 aliphatic rings. The lowest BCUT2D eigenvalue weighted by Gasteiger charge is -2.12. The van der Waals surface area contributed by atoms with Crippen LogP contribution >= 0.6 is 0 Å². The molecular weight excluding hydrogens is 176 g/mol. The van der Waals surface area contributed by atoms with Gasteiger partial charge in [0.25, 0.3) is 0 Å². The zero-order chi connectivity index (χ0) is 10.7. The van der Waals surface area contributed by atoms with Crippen LogP contribution in [0.3, 0.4) is 0 Å². The van der Waals surface area contributed by atoms with Crippen molar-refractivity contribution in [3.05, 3.63) is 18.0 Å². The first-order valence-electron chi connectivity index (χ1n) is 5.01. The quantitative estimate of drug-likeness (QED) is 0.733. The highest BCUT2D eigenvalue weighted by Crippen LogP contribution is 2.13. The highest BCUT2D eigenvalue weighted by Gasteiger charge is 2.17. The lowest BCUT2D eigenvalue weighted by Crippen LogP contribution is -2.18. The van der Waals surface area contributed by atoms with Crippen molar-refractivity contribution in [2.24, 2.45) is 18.9 Å². The number of hydrogen-bond acceptors (Lipinski definition) is 2. The lowest BCUT2D eigenvalue weighted by atomic mass is 9.91. The van der Waals surface area contributed by atoms with Gasteiger partial charge in [0.05, 0.1) is 6.20 Å². The first kappa shape index (κ1) is 11.0. The molecule has 0 aromatic carbocycles. The number of carbonyl (C=O) groups excluding carboxylic acids is 1. The van der Waals surface area contributed by atoms with Gasteiger partial charge < -0.3 is 0 Å². The largest absolute Gasteiger partial charge is 0.299 e. The third-order valence-electron chi connectivity index (χ3n) is 2.64. The maximum atomic E-state index is 11.7. The number of aromatic nitrogens is 2. The summed E-state index contributed by atoms with van der Waals surface area (Å²) in [5, 5.41) is 4.04. The molecule has 0 N–H and O–H groups in total. The Morgan fingerprint density at radius 2 is 2.14 bits per heavy atom. The van der Waals surface area contributed by atoms with E-state index in [-0.39, 0.29) is 5.92 Å². The maximum Gasteiger partial charge on any atom is 0.140 e. The van der Waals surface area contributed by atoms with Crippen LogP contribution in [-0.2, 0) is 18.3 Å². The minimum atomic E-state index is 0.134. The summed E-state index contributed by atoms with van der Waals surface area (Å²) < 4.78 is 1.72. The van der Waals surface area contributed by atoms with E-state index in [2.05, 4.69) is 18.9 Å². The van der Waals surface area contributed by atoms with E-state index in [4.69, 9.17) is 0 Å². The van der Waals surface area contributed by atoms with Crippen LogP contribution in [0.4, 0.5) is 0 Å². The van der Waals surface area contributed by atoms with E-state index in [1.807, 2.05) is 20.2 Å². The van der Waals surface area contributed by atoms with E-state index >= 15 is 0 Å². The monoisotopic (exact) mass is 194 g/mol. The second-order valence-electron chi connectivity index (χ2n) is 4.20. The van der Waals surface area contributed by atoms with E-state index in [1.54, 1.807) is 10.9 Å². The Balaban J connectivity index is 2.57. The van der Waals surface area contributed by atoms with E-state index in [0.717, 1.165) is 5.56 Å². The Morgan fingerprint density at radius 3 is 2.57 bits per heavy atom. The van der Waals surface area contributed by atoms with Crippen molar-refractivity contribution in [3.63, 3.8) is 0 Å². The molecule has 0 aliphatic heterocycles. The first-order chi connectivity index (χ1) is 6.50. The highest BCUT2D eigenvalue weighted by atomic mass is 16.1. The molecule has 78 valence electrons. The number of hydrogen-bond donors (Lipinski definition) is 0. The standard InChI is InChI=1S/C11H18N2O/c1-8(2)9(3)11(14)5-10-6-12-13(4)7-10/h6-9H,5H2,1-4H3. The summed E-state index contributed by atoms with van der Waals surface area (Å²) in [6.45, 7) is 6.14. The third-order valence-corrected chi connectivity index (χ3v) is 2.64. The first-order valence-corrected chi connectivity index (χ1v) is 5.01. The zero-order valence-corrected chi connectivity index (χ0v) is 9.32. The Bertz CT molecular complexity index is 315. The zero-order valence-electron chi connectivity index (χ0n) is 9.32. The molecule has 1 aromatic rings. The summed E-state index contributed by atoms with van der Waals surface area (Å²) >= 11 is 0. The Hall–Kier alpha value is -1.12. The van der Waals surface area contributed by atoms with Crippen molar-refractivity contribution >= 4 is 5.78 Å². The molecule has 1 unspecified atom stereocenters. The van der Waals surface area contributed by atoms with Gasteiger partial charge in [0.2, 0.25) is 0 Å². The summed E-state index contributed by atoms with van der Waals surface area (Å²) in [6, 6.07) is 0. The van der Waals surface area contributed by atoms with Crippen LogP contribution in [0, 0.1) is 11.8 Å². The Labute approximate surface area is 85.1 Å². The third kappa shape index (κ3) is 2.69. The fourth-order valence-electron chi connectivity index (χ4n) is 1.30. The topological polar surface area (TPSA) is 34.9 Å². The molecule has 0 spiro atoms. The number of rotatable bonds is 4. The molecular formula is C11H18N2O. The average molecular weight is 194 g/mol. The van der Waals surface area contributed by atoms with Crippen molar-refractivity contribution in [2.75, 3.05) is 0 Å². The molecule has 3 heteroatoms. The molecule has 0 amide bonds. The normalized spacial score (nSPS) is 13.2. The summed E-state index contributed by atoms with van der Waals surface area (Å²) in [5.74, 6) is 0.849. The summed E-state index contributed by atoms with van der Waals surface area (Å²) in [5.41, 5.74) is 1.00. The lowest BCUT2D eigenvalue weighted by molar-refractivity contribution is -0.122. The predicted molar refractivity (Wildman–Crippen MR) is 55.9 cm³/mol. The maximum absolute atomic E-state index is 11.7. The van der Waals surface area contributed by atoms with Crippen molar-refractivity contribution in [2.45, 2.75) is 27.2 Å². The summed E-state index contributed by atoms with van der Waals surface area (Å²) in [4.78, 5) is 11.7. The smallest absolute Gasteiger partial charge is 0.140 e. The Kier molecular flexibility index (Phi) is 3.44. The second-order valence-corrected chi connectivity index (χ2v) is 4.20. The fourth-order valence-corrected chi connectivity index (χ4v) is 1.30. The molecule has 1 atom stereocenters. The molecule has 0 aliphatic carbocycles. The van der Waals surface area contributed by atoms with Gasteiger partial charge in [0.1, 0.15) is 5.78 Å². The molecule has 0 radical (unpaired) electrons. The molecule has 1 rings (SSSR count). The van der Waals surface area contributed by atoms with Gasteiger partial charge in [-0.3, -0.25) is 9.48 Å². The van der Waals surface area contributed by atoms with Crippen LogP contribution in [0.25, 0.3) is 0 Å². The minimum Gasteiger partial charge on any atom is -0.299 e. The van der Waals surface area contributed by atoms with Crippen LogP contribution in [-0.4, -0.2) is 15.6 Å². The predicted octanol–water partition coefficient (Wildman–Crippen LogP) is 1.82. The summed E-state index contributed by atoms with van der Waals surface area (Å²) in [6.07, 6.45) is 4.16. The van der Waals surface area contributed by atoms with Crippen LogP contribution in [0.5, 0.6) is 0 Å². The van der Waals surface area contributed by atoms with Gasteiger partial charge in [-0.1, -0.05) is 20.8 Å². The molecule has 0 saturated carbocycles. The van der Waals surface area contributed by atoms with E-state index in [1.165, 1.54) is 0 Å². The van der Waals surface area contributed by atoms with Gasteiger partial charge in [-0.05, 0) is 11.5 Å². The van der Waals surface area contributed by atoms with E-state index in [0.29, 0.717) is 18.1 Å². The molecule has 0 fully saturated rings. The number of nitrogens with zero attached hydrogens (tertiary/aromatic N) is 2. The van der Waals surface area contributed by atoms with Gasteiger partial charge in [-0.25, -0.2) is 0 Å². The van der Waals surface area contributed by atoms with Gasteiger partial charge in [-0.15, -0.1) is 0 Å². The van der Waals surface area contributed by atoms with Crippen molar-refractivity contribution < 1.29 is 4.79 Å². The van der Waals surface area contributed by atoms with E-state index in [9.17, 15) is 4.79 Å². The molecule has 1 heterocycles. The number of ketones is 1. The minimum absolute atomic E-state index is 0.134. The van der Waals surface area contributed by atoms with E-state index < -0.39 is 0 Å². The van der Waals surface area contributed by atoms with Gasteiger partial charge in [0, 0.05) is 25.6 Å². The molecule has 0 saturated heterocycles. The second kappa shape index (κ2) is 4.40. The van der Waals surface area contributed by atoms with Crippen LogP contribution in [0.15, 0.2) is 12.4 Å². The average Bonchev–Trinajstić information content (AvgIpc) is 2.49. The van der Waals surface area contributed by atoms with Crippen LogP contribution in [0.1, 0.15) is 26.3 Å². The molecule has 14 heavy (non-hydrogen) atoms. The highest BCUT2D eigenvalue weighted by molar-refractivity contribution is 5.83. The van der Waals surface area contributed by atoms with Crippen molar-refractivity contribution in [1.29, 1.82) is 0 Å². The number of Topliss-reactive ketones (excluding diaryl/α,β-unsaturated/α-hetero) is 1. The van der Waals surface area contributed by atoms with Crippen molar-refractivity contribution in [1.82, 2.24) is 9.78 Å².